The van der Waals surface area contributed by atoms with Crippen molar-refractivity contribution in [3.8, 4) is 12.1 Å². The van der Waals surface area contributed by atoms with E-state index in [4.69, 9.17) is 5.26 Å². The minimum atomic E-state index is -4.62. The molecule has 2 heterocycles. The molecule has 1 aromatic carbocycles. The summed E-state index contributed by atoms with van der Waals surface area (Å²) in [7, 11) is 0. The van der Waals surface area contributed by atoms with Gasteiger partial charge < -0.3 is 5.32 Å². The summed E-state index contributed by atoms with van der Waals surface area (Å²) in [5.41, 5.74) is -0.682. The minimum Gasteiger partial charge on any atom is -0.309 e. The summed E-state index contributed by atoms with van der Waals surface area (Å²) in [5, 5.41) is 24.9. The van der Waals surface area contributed by atoms with Crippen molar-refractivity contribution >= 4 is 11.7 Å². The van der Waals surface area contributed by atoms with Crippen LogP contribution in [-0.2, 0) is 29.4 Å². The first-order valence-corrected chi connectivity index (χ1v) is 10.0. The number of amides is 1. The SMILES string of the molecule is N#Cc1ccc(Cn2ccc(NC(=O)Cc3ccc(C4(C#N)CC4)c(C(F)(F)F)c3)n2)nc1. The largest absolute Gasteiger partial charge is 0.416 e. The number of hydrogen-bond donors (Lipinski definition) is 1. The van der Waals surface area contributed by atoms with Crippen LogP contribution >= 0.6 is 0 Å². The summed E-state index contributed by atoms with van der Waals surface area (Å²) >= 11 is 0. The highest BCUT2D eigenvalue weighted by molar-refractivity contribution is 5.91. The molecule has 166 valence electrons. The highest BCUT2D eigenvalue weighted by Crippen LogP contribution is 2.51. The number of nitrogens with one attached hydrogen (secondary N) is 1. The second-order valence-electron chi connectivity index (χ2n) is 7.85. The van der Waals surface area contributed by atoms with Crippen LogP contribution < -0.4 is 5.32 Å². The van der Waals surface area contributed by atoms with Gasteiger partial charge in [-0.25, -0.2) is 0 Å². The number of hydrogen-bond acceptors (Lipinski definition) is 5. The molecule has 7 nitrogen and oxygen atoms in total. The van der Waals surface area contributed by atoms with Crippen molar-refractivity contribution in [3.05, 3.63) is 76.7 Å². The van der Waals surface area contributed by atoms with Gasteiger partial charge in [-0.2, -0.15) is 28.8 Å². The average molecular weight is 450 g/mol. The lowest BCUT2D eigenvalue weighted by Gasteiger charge is -2.17. The smallest absolute Gasteiger partial charge is 0.309 e. The highest BCUT2D eigenvalue weighted by Gasteiger charge is 2.50. The Kier molecular flexibility index (Phi) is 5.60. The fraction of sp³-hybridized carbons (Fsp3) is 0.261. The lowest BCUT2D eigenvalue weighted by Crippen LogP contribution is -2.18. The van der Waals surface area contributed by atoms with E-state index in [1.165, 1.54) is 23.0 Å². The van der Waals surface area contributed by atoms with Crippen LogP contribution in [0.4, 0.5) is 19.0 Å². The average Bonchev–Trinajstić information content (AvgIpc) is 3.47. The molecule has 4 rings (SSSR count). The van der Waals surface area contributed by atoms with E-state index in [2.05, 4.69) is 15.4 Å². The number of anilines is 1. The van der Waals surface area contributed by atoms with Crippen molar-refractivity contribution < 1.29 is 18.0 Å². The van der Waals surface area contributed by atoms with Crippen LogP contribution in [0.5, 0.6) is 0 Å². The van der Waals surface area contributed by atoms with Gasteiger partial charge in [-0.05, 0) is 42.2 Å². The molecule has 1 N–H and O–H groups in total. The number of aromatic nitrogens is 3. The second kappa shape index (κ2) is 8.40. The van der Waals surface area contributed by atoms with Crippen molar-refractivity contribution in [2.24, 2.45) is 0 Å². The monoisotopic (exact) mass is 450 g/mol. The molecule has 10 heteroatoms. The van der Waals surface area contributed by atoms with Gasteiger partial charge in [-0.3, -0.25) is 14.5 Å². The summed E-state index contributed by atoms with van der Waals surface area (Å²) in [6.45, 7) is 0.318. The first kappa shape index (κ1) is 22.0. The number of carbonyl (C=O) groups excluding carboxylic acids is 1. The maximum atomic E-state index is 13.6. The van der Waals surface area contributed by atoms with E-state index < -0.39 is 23.1 Å². The number of benzene rings is 1. The Bertz CT molecular complexity index is 1280. The molecule has 0 spiro atoms. The Morgan fingerprint density at radius 3 is 2.58 bits per heavy atom. The molecule has 1 amide bonds. The Morgan fingerprint density at radius 1 is 1.18 bits per heavy atom. The maximum Gasteiger partial charge on any atom is 0.416 e. The molecule has 0 saturated heterocycles. The number of pyridine rings is 1. The van der Waals surface area contributed by atoms with Crippen LogP contribution in [0.25, 0.3) is 0 Å². The number of nitriles is 2. The summed E-state index contributed by atoms with van der Waals surface area (Å²) in [5.74, 6) is -0.262. The number of carbonyl (C=O) groups is 1. The van der Waals surface area contributed by atoms with Crippen molar-refractivity contribution in [2.45, 2.75) is 37.4 Å². The summed E-state index contributed by atoms with van der Waals surface area (Å²) in [4.78, 5) is 16.5. The quantitative estimate of drug-likeness (QED) is 0.612. The third kappa shape index (κ3) is 4.85. The third-order valence-corrected chi connectivity index (χ3v) is 5.42. The Hall–Kier alpha value is -4.18. The zero-order valence-electron chi connectivity index (χ0n) is 17.2. The Labute approximate surface area is 187 Å². The van der Waals surface area contributed by atoms with Crippen LogP contribution in [-0.4, -0.2) is 20.7 Å². The van der Waals surface area contributed by atoms with Gasteiger partial charge in [0.2, 0.25) is 5.91 Å². The highest BCUT2D eigenvalue weighted by atomic mass is 19.4. The van der Waals surface area contributed by atoms with E-state index in [0.717, 1.165) is 6.07 Å². The normalized spacial score (nSPS) is 14.2. The summed E-state index contributed by atoms with van der Waals surface area (Å²) < 4.78 is 42.3. The molecule has 1 aliphatic carbocycles. The van der Waals surface area contributed by atoms with Crippen LogP contribution in [0.1, 0.15) is 40.8 Å². The molecule has 0 radical (unpaired) electrons. The fourth-order valence-corrected chi connectivity index (χ4v) is 3.56. The maximum absolute atomic E-state index is 13.6. The molecular formula is C23H17F3N6O. The standard InChI is InChI=1S/C23H17F3N6O/c24-23(25,26)19-9-15(2-4-18(19)22(14-28)6-7-22)10-21(33)30-20-5-8-32(31-20)13-17-3-1-16(11-27)12-29-17/h1-5,8-9,12H,6-7,10,13H2,(H,30,31,33). The third-order valence-electron chi connectivity index (χ3n) is 5.42. The van der Waals surface area contributed by atoms with Crippen molar-refractivity contribution in [3.63, 3.8) is 0 Å². The van der Waals surface area contributed by atoms with E-state index in [9.17, 15) is 23.2 Å². The van der Waals surface area contributed by atoms with Crippen molar-refractivity contribution in [2.75, 3.05) is 5.32 Å². The molecular weight excluding hydrogens is 433 g/mol. The lowest BCUT2D eigenvalue weighted by atomic mass is 9.90. The molecule has 3 aromatic rings. The van der Waals surface area contributed by atoms with Gasteiger partial charge >= 0.3 is 6.18 Å². The van der Waals surface area contributed by atoms with Gasteiger partial charge in [-0.1, -0.05) is 12.1 Å². The second-order valence-corrected chi connectivity index (χ2v) is 7.85. The van der Waals surface area contributed by atoms with Crippen LogP contribution in [0, 0.1) is 22.7 Å². The molecule has 0 aliphatic heterocycles. The Morgan fingerprint density at radius 2 is 1.97 bits per heavy atom. The van der Waals surface area contributed by atoms with E-state index in [1.54, 1.807) is 24.4 Å². The lowest BCUT2D eigenvalue weighted by molar-refractivity contribution is -0.138. The van der Waals surface area contributed by atoms with Crippen LogP contribution in [0.15, 0.2) is 48.8 Å². The van der Waals surface area contributed by atoms with Crippen LogP contribution in [0.2, 0.25) is 0 Å². The molecule has 2 aromatic heterocycles. The topological polar surface area (TPSA) is 107 Å². The van der Waals surface area contributed by atoms with E-state index in [-0.39, 0.29) is 23.4 Å². The molecule has 0 unspecified atom stereocenters. The van der Waals surface area contributed by atoms with Gasteiger partial charge in [-0.15, -0.1) is 0 Å². The predicted octanol–water partition coefficient (Wildman–Crippen LogP) is 3.95. The fourth-order valence-electron chi connectivity index (χ4n) is 3.56. The summed E-state index contributed by atoms with van der Waals surface area (Å²) in [6, 6.07) is 12.6. The molecule has 0 bridgehead atoms. The van der Waals surface area contributed by atoms with Crippen molar-refractivity contribution in [1.29, 1.82) is 10.5 Å². The van der Waals surface area contributed by atoms with E-state index >= 15 is 0 Å². The van der Waals surface area contributed by atoms with Crippen LogP contribution in [0.3, 0.4) is 0 Å². The number of alkyl halides is 3. The zero-order valence-corrected chi connectivity index (χ0v) is 17.2. The number of halogens is 3. The number of nitrogens with zero attached hydrogens (tertiary/aromatic N) is 5. The number of rotatable bonds is 6. The van der Waals surface area contributed by atoms with Gasteiger partial charge in [0.15, 0.2) is 5.82 Å². The molecule has 33 heavy (non-hydrogen) atoms. The Balaban J connectivity index is 1.43. The van der Waals surface area contributed by atoms with Gasteiger partial charge in [0, 0.05) is 18.5 Å². The van der Waals surface area contributed by atoms with Gasteiger partial charge in [0.25, 0.3) is 0 Å². The van der Waals surface area contributed by atoms with Gasteiger partial charge in [0.05, 0.1) is 41.3 Å². The molecule has 1 saturated carbocycles. The van der Waals surface area contributed by atoms with E-state index in [0.29, 0.717) is 30.6 Å². The molecule has 1 aliphatic rings. The van der Waals surface area contributed by atoms with E-state index in [1.807, 2.05) is 12.1 Å². The van der Waals surface area contributed by atoms with Crippen molar-refractivity contribution in [1.82, 2.24) is 14.8 Å². The molecule has 0 atom stereocenters. The molecule has 1 fully saturated rings. The van der Waals surface area contributed by atoms with Gasteiger partial charge in [0.1, 0.15) is 6.07 Å². The predicted molar refractivity (Wildman–Crippen MR) is 111 cm³/mol. The zero-order chi connectivity index (χ0) is 23.6. The first-order valence-electron chi connectivity index (χ1n) is 10.0. The summed E-state index contributed by atoms with van der Waals surface area (Å²) in [6.07, 6.45) is -1.02. The minimum absolute atomic E-state index is 0.0307. The first-order chi connectivity index (χ1) is 15.7.